The van der Waals surface area contributed by atoms with Crippen LogP contribution in [0.4, 0.5) is 0 Å². The van der Waals surface area contributed by atoms with Gasteiger partial charge in [0, 0.05) is 19.2 Å². The molecular formula is C12H28N2O. The van der Waals surface area contributed by atoms with Gasteiger partial charge in [-0.1, -0.05) is 13.8 Å². The van der Waals surface area contributed by atoms with Crippen LogP contribution in [0.25, 0.3) is 0 Å². The number of rotatable bonds is 8. The van der Waals surface area contributed by atoms with E-state index in [0.29, 0.717) is 18.0 Å². The summed E-state index contributed by atoms with van der Waals surface area (Å²) >= 11 is 0. The van der Waals surface area contributed by atoms with E-state index in [0.717, 1.165) is 26.0 Å². The Morgan fingerprint density at radius 3 is 2.27 bits per heavy atom. The first kappa shape index (κ1) is 14.9. The van der Waals surface area contributed by atoms with Crippen LogP contribution in [0.5, 0.6) is 0 Å². The van der Waals surface area contributed by atoms with Crippen molar-refractivity contribution in [3.63, 3.8) is 0 Å². The fraction of sp³-hybridized carbons (Fsp3) is 1.00. The summed E-state index contributed by atoms with van der Waals surface area (Å²) in [5.74, 6) is 0.673. The van der Waals surface area contributed by atoms with Crippen molar-refractivity contribution in [2.75, 3.05) is 27.3 Å². The van der Waals surface area contributed by atoms with E-state index in [1.165, 1.54) is 0 Å². The molecule has 0 fully saturated rings. The summed E-state index contributed by atoms with van der Waals surface area (Å²) in [6, 6.07) is 1.08. The predicted molar refractivity (Wildman–Crippen MR) is 66.0 cm³/mol. The third kappa shape index (κ3) is 5.50. The maximum Gasteiger partial charge on any atom is 0.0618 e. The van der Waals surface area contributed by atoms with Crippen molar-refractivity contribution >= 4 is 0 Å². The van der Waals surface area contributed by atoms with Gasteiger partial charge in [0.25, 0.3) is 0 Å². The highest BCUT2D eigenvalue weighted by atomic mass is 16.5. The molecule has 0 radical (unpaired) electrons. The van der Waals surface area contributed by atoms with Crippen molar-refractivity contribution < 1.29 is 4.74 Å². The number of nitrogens with two attached hydrogens (primary N) is 1. The maximum absolute atomic E-state index is 5.55. The largest absolute Gasteiger partial charge is 0.383 e. The summed E-state index contributed by atoms with van der Waals surface area (Å²) in [7, 11) is 3.95. The van der Waals surface area contributed by atoms with Crippen LogP contribution in [0.1, 0.15) is 33.6 Å². The number of hydrogen-bond donors (Lipinski definition) is 1. The Kier molecular flexibility index (Phi) is 8.02. The molecule has 0 aliphatic rings. The molecule has 92 valence electrons. The number of methoxy groups -OCH3 is 1. The molecule has 0 heterocycles. The lowest BCUT2D eigenvalue weighted by Crippen LogP contribution is -2.43. The third-order valence-corrected chi connectivity index (χ3v) is 3.28. The highest BCUT2D eigenvalue weighted by Crippen LogP contribution is 2.14. The van der Waals surface area contributed by atoms with E-state index < -0.39 is 0 Å². The molecule has 3 heteroatoms. The first-order valence-corrected chi connectivity index (χ1v) is 5.95. The number of hydrogen-bond acceptors (Lipinski definition) is 3. The lowest BCUT2D eigenvalue weighted by molar-refractivity contribution is 0.0653. The minimum atomic E-state index is 0.496. The van der Waals surface area contributed by atoms with Crippen LogP contribution in [0.15, 0.2) is 0 Å². The summed E-state index contributed by atoms with van der Waals surface area (Å²) < 4.78 is 5.27. The molecule has 0 rings (SSSR count). The lowest BCUT2D eigenvalue weighted by atomic mass is 10.0. The third-order valence-electron chi connectivity index (χ3n) is 3.28. The molecule has 0 saturated carbocycles. The Balaban J connectivity index is 4.19. The van der Waals surface area contributed by atoms with Crippen molar-refractivity contribution in [3.05, 3.63) is 0 Å². The van der Waals surface area contributed by atoms with E-state index in [-0.39, 0.29) is 0 Å². The van der Waals surface area contributed by atoms with Crippen molar-refractivity contribution in [1.82, 2.24) is 4.90 Å². The number of likely N-dealkylation sites (N-methyl/N-ethyl adjacent to an activating group) is 1. The molecule has 2 unspecified atom stereocenters. The van der Waals surface area contributed by atoms with Gasteiger partial charge in [-0.3, -0.25) is 4.90 Å². The monoisotopic (exact) mass is 216 g/mol. The average Bonchev–Trinajstić information content (AvgIpc) is 2.22. The van der Waals surface area contributed by atoms with Crippen LogP contribution in [0.3, 0.4) is 0 Å². The van der Waals surface area contributed by atoms with Gasteiger partial charge in [0.1, 0.15) is 0 Å². The molecule has 0 amide bonds. The zero-order valence-electron chi connectivity index (χ0n) is 11.0. The average molecular weight is 216 g/mol. The first-order valence-electron chi connectivity index (χ1n) is 5.95. The van der Waals surface area contributed by atoms with Crippen LogP contribution in [-0.4, -0.2) is 44.3 Å². The van der Waals surface area contributed by atoms with Gasteiger partial charge in [-0.05, 0) is 39.3 Å². The fourth-order valence-electron chi connectivity index (χ4n) is 1.75. The van der Waals surface area contributed by atoms with Gasteiger partial charge in [0.05, 0.1) is 6.61 Å². The van der Waals surface area contributed by atoms with Gasteiger partial charge in [-0.15, -0.1) is 0 Å². The summed E-state index contributed by atoms with van der Waals surface area (Å²) in [4.78, 5) is 2.42. The maximum atomic E-state index is 5.55. The van der Waals surface area contributed by atoms with Gasteiger partial charge in [-0.25, -0.2) is 0 Å². The Hall–Kier alpha value is -0.120. The molecule has 0 aromatic rings. The molecule has 0 saturated heterocycles. The SMILES string of the molecule is COCC(CCCN)N(C)C(C)C(C)C. The quantitative estimate of drug-likeness (QED) is 0.671. The topological polar surface area (TPSA) is 38.5 Å². The predicted octanol–water partition coefficient (Wildman–Crippen LogP) is 1.72. The zero-order valence-corrected chi connectivity index (χ0v) is 11.0. The normalized spacial score (nSPS) is 16.0. The zero-order chi connectivity index (χ0) is 11.8. The van der Waals surface area contributed by atoms with Crippen LogP contribution >= 0.6 is 0 Å². The lowest BCUT2D eigenvalue weighted by Gasteiger charge is -2.35. The summed E-state index contributed by atoms with van der Waals surface area (Å²) in [5, 5.41) is 0. The van der Waals surface area contributed by atoms with E-state index in [4.69, 9.17) is 10.5 Å². The fourth-order valence-corrected chi connectivity index (χ4v) is 1.75. The molecule has 2 atom stereocenters. The Bertz CT molecular complexity index is 151. The first-order chi connectivity index (χ1) is 7.04. The minimum absolute atomic E-state index is 0.496. The van der Waals surface area contributed by atoms with Crippen LogP contribution in [-0.2, 0) is 4.74 Å². The molecule has 0 aliphatic carbocycles. The Morgan fingerprint density at radius 2 is 1.87 bits per heavy atom. The molecule has 0 bridgehead atoms. The second kappa shape index (κ2) is 8.08. The van der Waals surface area contributed by atoms with Crippen LogP contribution in [0, 0.1) is 5.92 Å². The second-order valence-corrected chi connectivity index (χ2v) is 4.69. The Labute approximate surface area is 95.0 Å². The molecular weight excluding hydrogens is 188 g/mol. The van der Waals surface area contributed by atoms with E-state index in [1.807, 2.05) is 0 Å². The molecule has 0 aromatic carbocycles. The number of nitrogens with zero attached hydrogens (tertiary/aromatic N) is 1. The molecule has 0 aliphatic heterocycles. The van der Waals surface area contributed by atoms with E-state index in [2.05, 4.69) is 32.7 Å². The molecule has 0 spiro atoms. The Morgan fingerprint density at radius 1 is 1.27 bits per heavy atom. The molecule has 0 aromatic heterocycles. The summed E-state index contributed by atoms with van der Waals surface area (Å²) in [6.07, 6.45) is 2.20. The number of ether oxygens (including phenoxy) is 1. The van der Waals surface area contributed by atoms with Crippen molar-refractivity contribution in [2.45, 2.75) is 45.7 Å². The van der Waals surface area contributed by atoms with Gasteiger partial charge < -0.3 is 10.5 Å². The second-order valence-electron chi connectivity index (χ2n) is 4.69. The summed E-state index contributed by atoms with van der Waals surface area (Å²) in [6.45, 7) is 8.36. The summed E-state index contributed by atoms with van der Waals surface area (Å²) in [5.41, 5.74) is 5.55. The van der Waals surface area contributed by atoms with Crippen molar-refractivity contribution in [2.24, 2.45) is 11.7 Å². The van der Waals surface area contributed by atoms with Crippen LogP contribution < -0.4 is 5.73 Å². The van der Waals surface area contributed by atoms with Crippen molar-refractivity contribution in [3.8, 4) is 0 Å². The van der Waals surface area contributed by atoms with Gasteiger partial charge in [-0.2, -0.15) is 0 Å². The van der Waals surface area contributed by atoms with Gasteiger partial charge >= 0.3 is 0 Å². The van der Waals surface area contributed by atoms with Gasteiger partial charge in [0.2, 0.25) is 0 Å². The molecule has 3 nitrogen and oxygen atoms in total. The van der Waals surface area contributed by atoms with Gasteiger partial charge in [0.15, 0.2) is 0 Å². The molecule has 2 N–H and O–H groups in total. The highest BCUT2D eigenvalue weighted by molar-refractivity contribution is 4.75. The highest BCUT2D eigenvalue weighted by Gasteiger charge is 2.21. The minimum Gasteiger partial charge on any atom is -0.383 e. The van der Waals surface area contributed by atoms with E-state index >= 15 is 0 Å². The van der Waals surface area contributed by atoms with E-state index in [1.54, 1.807) is 7.11 Å². The van der Waals surface area contributed by atoms with Crippen LogP contribution in [0.2, 0.25) is 0 Å². The standard InChI is InChI=1S/C12H28N2O/c1-10(2)11(3)14(4)12(9-15-5)7-6-8-13/h10-12H,6-9,13H2,1-5H3. The van der Waals surface area contributed by atoms with E-state index in [9.17, 15) is 0 Å². The molecule has 15 heavy (non-hydrogen) atoms. The van der Waals surface area contributed by atoms with Crippen molar-refractivity contribution in [1.29, 1.82) is 0 Å². The smallest absolute Gasteiger partial charge is 0.0618 e.